The molecule has 0 fully saturated rings. The van der Waals surface area contributed by atoms with Gasteiger partial charge in [-0.25, -0.2) is 4.85 Å². The van der Waals surface area contributed by atoms with Crippen LogP contribution in [0.15, 0.2) is 133 Å². The lowest BCUT2D eigenvalue weighted by Gasteiger charge is -2.15. The zero-order valence-corrected chi connectivity index (χ0v) is 22.5. The summed E-state index contributed by atoms with van der Waals surface area (Å²) in [5.41, 5.74) is 9.71. The molecule has 0 atom stereocenters. The molecular weight excluding hydrogens is 512 g/mol. The molecule has 0 bridgehead atoms. The van der Waals surface area contributed by atoms with Crippen LogP contribution in [0.5, 0.6) is 0 Å². The third-order valence-corrected chi connectivity index (χ3v) is 8.17. The van der Waals surface area contributed by atoms with Crippen LogP contribution >= 0.6 is 0 Å². The molecule has 8 rings (SSSR count). The summed E-state index contributed by atoms with van der Waals surface area (Å²) in [7, 11) is 0. The van der Waals surface area contributed by atoms with E-state index in [2.05, 4.69) is 105 Å². The fourth-order valence-corrected chi connectivity index (χ4v) is 6.31. The van der Waals surface area contributed by atoms with Gasteiger partial charge in [-0.2, -0.15) is 5.26 Å². The van der Waals surface area contributed by atoms with Gasteiger partial charge in [0.05, 0.1) is 46.0 Å². The highest BCUT2D eigenvalue weighted by Gasteiger charge is 2.17. The highest BCUT2D eigenvalue weighted by molar-refractivity contribution is 6.11. The number of para-hydroxylation sites is 3. The minimum absolute atomic E-state index is 0.608. The fraction of sp³-hybridized carbons (Fsp3) is 0. The standard InChI is InChI=1S/C38H22N4/c1-40-27-17-21-38-33(23-27)31-10-4-7-13-36(31)42(38)37-20-14-25(24-39)22-32(37)26-15-18-28(19-16-26)41-34-11-5-2-8-29(34)30-9-3-6-12-35(30)41/h2-23H. The molecule has 2 heterocycles. The highest BCUT2D eigenvalue weighted by atomic mass is 15.0. The Morgan fingerprint density at radius 1 is 0.548 bits per heavy atom. The van der Waals surface area contributed by atoms with Crippen molar-refractivity contribution in [3.63, 3.8) is 0 Å². The Kier molecular flexibility index (Phi) is 5.22. The minimum Gasteiger partial charge on any atom is -0.309 e. The lowest BCUT2D eigenvalue weighted by molar-refractivity contribution is 1.17. The van der Waals surface area contributed by atoms with Gasteiger partial charge in [-0.15, -0.1) is 0 Å². The van der Waals surface area contributed by atoms with Gasteiger partial charge in [0.15, 0.2) is 5.69 Å². The van der Waals surface area contributed by atoms with Crippen LogP contribution in [0.4, 0.5) is 5.69 Å². The van der Waals surface area contributed by atoms with E-state index in [1.807, 2.05) is 48.5 Å². The summed E-state index contributed by atoms with van der Waals surface area (Å²) in [6.45, 7) is 7.53. The summed E-state index contributed by atoms with van der Waals surface area (Å²) in [6.07, 6.45) is 0. The Morgan fingerprint density at radius 2 is 1.12 bits per heavy atom. The zero-order chi connectivity index (χ0) is 28.2. The number of fused-ring (bicyclic) bond motifs is 6. The molecular formula is C38H22N4. The Bertz CT molecular complexity index is 2370. The van der Waals surface area contributed by atoms with E-state index >= 15 is 0 Å². The van der Waals surface area contributed by atoms with Crippen molar-refractivity contribution >= 4 is 49.3 Å². The average molecular weight is 535 g/mol. The van der Waals surface area contributed by atoms with Crippen LogP contribution in [-0.4, -0.2) is 9.13 Å². The van der Waals surface area contributed by atoms with E-state index in [-0.39, 0.29) is 0 Å². The van der Waals surface area contributed by atoms with Gasteiger partial charge in [0, 0.05) is 27.4 Å². The van der Waals surface area contributed by atoms with Gasteiger partial charge in [-0.3, -0.25) is 0 Å². The normalized spacial score (nSPS) is 11.3. The summed E-state index contributed by atoms with van der Waals surface area (Å²) in [6, 6.07) is 48.0. The smallest absolute Gasteiger partial charge is 0.188 e. The van der Waals surface area contributed by atoms with E-state index in [1.165, 1.54) is 21.8 Å². The maximum Gasteiger partial charge on any atom is 0.188 e. The van der Waals surface area contributed by atoms with Gasteiger partial charge in [0.25, 0.3) is 0 Å². The minimum atomic E-state index is 0.608. The maximum absolute atomic E-state index is 9.81. The van der Waals surface area contributed by atoms with Gasteiger partial charge >= 0.3 is 0 Å². The second kappa shape index (κ2) is 9.24. The average Bonchev–Trinajstić information content (AvgIpc) is 3.57. The lowest BCUT2D eigenvalue weighted by Crippen LogP contribution is -1.98. The molecule has 0 unspecified atom stereocenters. The van der Waals surface area contributed by atoms with Crippen molar-refractivity contribution in [1.82, 2.24) is 9.13 Å². The summed E-state index contributed by atoms with van der Waals surface area (Å²) >= 11 is 0. The second-order valence-electron chi connectivity index (χ2n) is 10.4. The molecule has 0 saturated heterocycles. The van der Waals surface area contributed by atoms with Crippen LogP contribution < -0.4 is 0 Å². The van der Waals surface area contributed by atoms with Crippen LogP contribution in [0, 0.1) is 17.9 Å². The molecule has 0 saturated carbocycles. The molecule has 4 nitrogen and oxygen atoms in total. The van der Waals surface area contributed by atoms with Crippen molar-refractivity contribution in [3.05, 3.63) is 150 Å². The van der Waals surface area contributed by atoms with Crippen LogP contribution in [0.3, 0.4) is 0 Å². The van der Waals surface area contributed by atoms with Crippen molar-refractivity contribution in [2.75, 3.05) is 0 Å². The molecule has 6 aromatic carbocycles. The largest absolute Gasteiger partial charge is 0.309 e. The molecule has 2 aromatic heterocycles. The second-order valence-corrected chi connectivity index (χ2v) is 10.4. The predicted molar refractivity (Wildman–Crippen MR) is 172 cm³/mol. The third kappa shape index (κ3) is 3.47. The number of hydrogen-bond acceptors (Lipinski definition) is 1. The van der Waals surface area contributed by atoms with Gasteiger partial charge < -0.3 is 9.13 Å². The number of rotatable bonds is 3. The molecule has 0 aliphatic heterocycles. The summed E-state index contributed by atoms with van der Waals surface area (Å²) < 4.78 is 4.55. The first-order valence-corrected chi connectivity index (χ1v) is 13.8. The van der Waals surface area contributed by atoms with E-state index in [9.17, 15) is 5.26 Å². The van der Waals surface area contributed by atoms with E-state index in [1.54, 1.807) is 0 Å². The molecule has 0 N–H and O–H groups in total. The highest BCUT2D eigenvalue weighted by Crippen LogP contribution is 2.39. The fourth-order valence-electron chi connectivity index (χ4n) is 6.31. The van der Waals surface area contributed by atoms with Crippen LogP contribution in [0.25, 0.3) is 71.0 Å². The van der Waals surface area contributed by atoms with E-state index in [4.69, 9.17) is 6.57 Å². The van der Waals surface area contributed by atoms with Gasteiger partial charge in [0.1, 0.15) is 0 Å². The van der Waals surface area contributed by atoms with Crippen molar-refractivity contribution in [2.24, 2.45) is 0 Å². The monoisotopic (exact) mass is 534 g/mol. The number of nitrogens with zero attached hydrogens (tertiary/aromatic N) is 4. The van der Waals surface area contributed by atoms with Crippen molar-refractivity contribution in [2.45, 2.75) is 0 Å². The maximum atomic E-state index is 9.81. The van der Waals surface area contributed by atoms with Gasteiger partial charge in [0.2, 0.25) is 0 Å². The van der Waals surface area contributed by atoms with Crippen molar-refractivity contribution in [1.29, 1.82) is 5.26 Å². The first-order chi connectivity index (χ1) is 20.7. The van der Waals surface area contributed by atoms with Crippen LogP contribution in [-0.2, 0) is 0 Å². The molecule has 0 aliphatic rings. The molecule has 42 heavy (non-hydrogen) atoms. The molecule has 8 aromatic rings. The molecule has 0 aliphatic carbocycles. The lowest BCUT2D eigenvalue weighted by atomic mass is 10.00. The molecule has 194 valence electrons. The summed E-state index contributed by atoms with van der Waals surface area (Å²) in [5, 5.41) is 14.4. The van der Waals surface area contributed by atoms with Crippen molar-refractivity contribution < 1.29 is 0 Å². The Labute approximate surface area is 242 Å². The Balaban J connectivity index is 1.35. The van der Waals surface area contributed by atoms with E-state index in [0.717, 1.165) is 44.3 Å². The molecule has 4 heteroatoms. The van der Waals surface area contributed by atoms with Crippen molar-refractivity contribution in [3.8, 4) is 28.6 Å². The number of aromatic nitrogens is 2. The number of hydrogen-bond donors (Lipinski definition) is 0. The molecule has 0 spiro atoms. The van der Waals surface area contributed by atoms with E-state index in [0.29, 0.717) is 11.3 Å². The topological polar surface area (TPSA) is 38.0 Å². The molecule has 0 amide bonds. The third-order valence-electron chi connectivity index (χ3n) is 8.17. The first kappa shape index (κ1) is 23.8. The summed E-state index contributed by atoms with van der Waals surface area (Å²) in [5.74, 6) is 0. The number of nitriles is 1. The Hall–Kier alpha value is -6.10. The first-order valence-electron chi connectivity index (χ1n) is 13.8. The molecule has 0 radical (unpaired) electrons. The van der Waals surface area contributed by atoms with Crippen LogP contribution in [0.1, 0.15) is 5.56 Å². The Morgan fingerprint density at radius 3 is 1.74 bits per heavy atom. The van der Waals surface area contributed by atoms with Gasteiger partial charge in [-0.05, 0) is 71.6 Å². The van der Waals surface area contributed by atoms with Gasteiger partial charge in [-0.1, -0.05) is 72.8 Å². The quantitative estimate of drug-likeness (QED) is 0.208. The van der Waals surface area contributed by atoms with Crippen LogP contribution in [0.2, 0.25) is 0 Å². The predicted octanol–water partition coefficient (Wildman–Crippen LogP) is 9.97. The van der Waals surface area contributed by atoms with E-state index < -0.39 is 0 Å². The summed E-state index contributed by atoms with van der Waals surface area (Å²) in [4.78, 5) is 3.67. The SMILES string of the molecule is [C-]#[N+]c1ccc2c(c1)c1ccccc1n2-c1ccc(C#N)cc1-c1ccc(-n2c3ccccc3c3ccccc32)cc1. The number of benzene rings is 6. The zero-order valence-electron chi connectivity index (χ0n) is 22.5.